The number of benzene rings is 3. The van der Waals surface area contributed by atoms with E-state index in [1.165, 1.54) is 12.1 Å². The molecular formula is C26H19ClF3NO4S. The average molecular weight is 534 g/mol. The maximum atomic E-state index is 13.1. The van der Waals surface area contributed by atoms with Crippen molar-refractivity contribution in [2.75, 3.05) is 11.5 Å². The molecule has 1 saturated heterocycles. The molecule has 2 amide bonds. The highest BCUT2D eigenvalue weighted by atomic mass is 35.5. The van der Waals surface area contributed by atoms with Crippen molar-refractivity contribution in [1.29, 1.82) is 0 Å². The van der Waals surface area contributed by atoms with E-state index in [-0.39, 0.29) is 17.2 Å². The van der Waals surface area contributed by atoms with Gasteiger partial charge in [-0.05, 0) is 78.4 Å². The second kappa shape index (κ2) is 10.7. The highest BCUT2D eigenvalue weighted by Gasteiger charge is 2.38. The molecule has 1 aliphatic heterocycles. The summed E-state index contributed by atoms with van der Waals surface area (Å²) in [6.07, 6.45) is -3.11. The summed E-state index contributed by atoms with van der Waals surface area (Å²) in [5, 5.41) is -0.0610. The van der Waals surface area contributed by atoms with Crippen molar-refractivity contribution in [3.63, 3.8) is 0 Å². The zero-order valence-electron chi connectivity index (χ0n) is 18.8. The van der Waals surface area contributed by atoms with Crippen LogP contribution in [0.4, 0.5) is 23.7 Å². The maximum absolute atomic E-state index is 13.1. The number of imide groups is 1. The molecular weight excluding hydrogens is 515 g/mol. The molecule has 0 spiro atoms. The molecule has 36 heavy (non-hydrogen) atoms. The highest BCUT2D eigenvalue weighted by Crippen LogP contribution is 2.39. The van der Waals surface area contributed by atoms with Gasteiger partial charge in [-0.3, -0.25) is 9.59 Å². The normalized spacial score (nSPS) is 15.0. The summed E-state index contributed by atoms with van der Waals surface area (Å²) in [4.78, 5) is 26.2. The SMILES string of the molecule is CCOc1cc(/C=C2\SC(=O)N(c3cccc(C(F)(F)F)c3)C2=O)ccc1OCc1ccc(Cl)cc1. The van der Waals surface area contributed by atoms with Gasteiger partial charge in [-0.25, -0.2) is 4.90 Å². The second-order valence-electron chi connectivity index (χ2n) is 7.62. The number of carbonyl (C=O) groups excluding carboxylic acids is 2. The number of halogens is 4. The van der Waals surface area contributed by atoms with Crippen LogP contribution in [0.15, 0.2) is 71.6 Å². The third-order valence-electron chi connectivity index (χ3n) is 5.10. The van der Waals surface area contributed by atoms with Gasteiger partial charge < -0.3 is 9.47 Å². The van der Waals surface area contributed by atoms with Crippen LogP contribution in [0, 0.1) is 0 Å². The first-order valence-electron chi connectivity index (χ1n) is 10.7. The smallest absolute Gasteiger partial charge is 0.416 e. The van der Waals surface area contributed by atoms with Gasteiger partial charge in [-0.2, -0.15) is 13.2 Å². The third-order valence-corrected chi connectivity index (χ3v) is 6.22. The molecule has 3 aromatic carbocycles. The number of amides is 2. The van der Waals surface area contributed by atoms with Crippen LogP contribution < -0.4 is 14.4 Å². The first kappa shape index (κ1) is 25.7. The Morgan fingerprint density at radius 2 is 1.72 bits per heavy atom. The van der Waals surface area contributed by atoms with Gasteiger partial charge in [0.05, 0.1) is 22.8 Å². The van der Waals surface area contributed by atoms with Crippen LogP contribution in [0.25, 0.3) is 6.08 Å². The summed E-state index contributed by atoms with van der Waals surface area (Å²) >= 11 is 6.56. The van der Waals surface area contributed by atoms with Gasteiger partial charge >= 0.3 is 6.18 Å². The van der Waals surface area contributed by atoms with Gasteiger partial charge in [0, 0.05) is 5.02 Å². The Morgan fingerprint density at radius 3 is 2.42 bits per heavy atom. The highest BCUT2D eigenvalue weighted by molar-refractivity contribution is 8.19. The number of hydrogen-bond acceptors (Lipinski definition) is 5. The number of carbonyl (C=O) groups is 2. The Bertz CT molecular complexity index is 1330. The molecule has 0 aliphatic carbocycles. The lowest BCUT2D eigenvalue weighted by atomic mass is 10.1. The molecule has 10 heteroatoms. The zero-order valence-corrected chi connectivity index (χ0v) is 20.4. The monoisotopic (exact) mass is 533 g/mol. The van der Waals surface area contributed by atoms with Crippen LogP contribution >= 0.6 is 23.4 Å². The van der Waals surface area contributed by atoms with Crippen molar-refractivity contribution in [2.45, 2.75) is 19.7 Å². The number of thioether (sulfide) groups is 1. The molecule has 0 unspecified atom stereocenters. The van der Waals surface area contributed by atoms with Gasteiger partial charge in [-0.15, -0.1) is 0 Å². The molecule has 4 rings (SSSR count). The summed E-state index contributed by atoms with van der Waals surface area (Å²) in [6.45, 7) is 2.47. The fraction of sp³-hybridized carbons (Fsp3) is 0.154. The van der Waals surface area contributed by atoms with Crippen LogP contribution in [0.2, 0.25) is 5.02 Å². The van der Waals surface area contributed by atoms with Crippen LogP contribution in [-0.4, -0.2) is 17.8 Å². The molecule has 0 saturated carbocycles. The van der Waals surface area contributed by atoms with E-state index in [0.717, 1.165) is 28.7 Å². The number of ether oxygens (including phenoxy) is 2. The van der Waals surface area contributed by atoms with Crippen molar-refractivity contribution < 1.29 is 32.2 Å². The molecule has 1 aliphatic rings. The lowest BCUT2D eigenvalue weighted by molar-refractivity contribution is -0.137. The van der Waals surface area contributed by atoms with E-state index >= 15 is 0 Å². The summed E-state index contributed by atoms with van der Waals surface area (Å²) in [6, 6.07) is 16.4. The summed E-state index contributed by atoms with van der Waals surface area (Å²) in [5.41, 5.74) is 0.385. The Morgan fingerprint density at radius 1 is 0.972 bits per heavy atom. The number of alkyl halides is 3. The predicted molar refractivity (Wildman–Crippen MR) is 133 cm³/mol. The Balaban J connectivity index is 1.55. The number of rotatable bonds is 7. The van der Waals surface area contributed by atoms with Crippen LogP contribution in [0.3, 0.4) is 0 Å². The van der Waals surface area contributed by atoms with Gasteiger partial charge in [0.15, 0.2) is 11.5 Å². The van der Waals surface area contributed by atoms with E-state index < -0.39 is 22.9 Å². The Hall–Kier alpha value is -3.43. The Kier molecular flexibility index (Phi) is 7.61. The first-order chi connectivity index (χ1) is 17.2. The molecule has 186 valence electrons. The third kappa shape index (κ3) is 5.85. The molecule has 3 aromatic rings. The van der Waals surface area contributed by atoms with Crippen molar-refractivity contribution in [3.05, 3.63) is 93.3 Å². The van der Waals surface area contributed by atoms with Crippen molar-refractivity contribution in [2.24, 2.45) is 0 Å². The van der Waals surface area contributed by atoms with Crippen molar-refractivity contribution >= 4 is 46.3 Å². The molecule has 0 atom stereocenters. The molecule has 0 N–H and O–H groups in total. The number of nitrogens with zero attached hydrogens (tertiary/aromatic N) is 1. The van der Waals surface area contributed by atoms with E-state index in [4.69, 9.17) is 21.1 Å². The van der Waals surface area contributed by atoms with E-state index in [0.29, 0.717) is 40.5 Å². The quantitative estimate of drug-likeness (QED) is 0.293. The van der Waals surface area contributed by atoms with Crippen molar-refractivity contribution in [3.8, 4) is 11.5 Å². The van der Waals surface area contributed by atoms with Crippen LogP contribution in [0.1, 0.15) is 23.6 Å². The fourth-order valence-electron chi connectivity index (χ4n) is 3.41. The molecule has 0 bridgehead atoms. The van der Waals surface area contributed by atoms with Crippen LogP contribution in [0.5, 0.6) is 11.5 Å². The molecule has 0 radical (unpaired) electrons. The fourth-order valence-corrected chi connectivity index (χ4v) is 4.37. The largest absolute Gasteiger partial charge is 0.490 e. The summed E-state index contributed by atoms with van der Waals surface area (Å²) < 4.78 is 50.8. The van der Waals surface area contributed by atoms with Gasteiger partial charge in [0.1, 0.15) is 6.61 Å². The molecule has 1 heterocycles. The number of anilines is 1. The number of hydrogen-bond donors (Lipinski definition) is 0. The van der Waals surface area contributed by atoms with E-state index in [1.807, 2.05) is 19.1 Å². The molecule has 0 aromatic heterocycles. The van der Waals surface area contributed by atoms with E-state index in [1.54, 1.807) is 30.3 Å². The lowest BCUT2D eigenvalue weighted by Crippen LogP contribution is -2.28. The summed E-state index contributed by atoms with van der Waals surface area (Å²) in [5.74, 6) is 0.226. The van der Waals surface area contributed by atoms with Crippen LogP contribution in [-0.2, 0) is 17.6 Å². The van der Waals surface area contributed by atoms with E-state index in [9.17, 15) is 22.8 Å². The van der Waals surface area contributed by atoms with Gasteiger partial charge in [0.2, 0.25) is 0 Å². The van der Waals surface area contributed by atoms with Gasteiger partial charge in [-0.1, -0.05) is 35.9 Å². The van der Waals surface area contributed by atoms with Gasteiger partial charge in [0.25, 0.3) is 11.1 Å². The molecule has 5 nitrogen and oxygen atoms in total. The zero-order chi connectivity index (χ0) is 25.9. The van der Waals surface area contributed by atoms with Crippen molar-refractivity contribution in [1.82, 2.24) is 0 Å². The Labute approximate surface area is 214 Å². The summed E-state index contributed by atoms with van der Waals surface area (Å²) in [7, 11) is 0. The average Bonchev–Trinajstić information content (AvgIpc) is 3.12. The standard InChI is InChI=1S/C26H19ClF3NO4S/c1-2-34-22-12-17(8-11-21(22)35-15-16-6-9-19(27)10-7-16)13-23-24(32)31(25(33)36-23)20-5-3-4-18(14-20)26(28,29)30/h3-14H,2,15H2,1H3/b23-13-. The minimum Gasteiger partial charge on any atom is -0.490 e. The second-order valence-corrected chi connectivity index (χ2v) is 9.05. The lowest BCUT2D eigenvalue weighted by Gasteiger charge is -2.15. The minimum absolute atomic E-state index is 0.0784. The predicted octanol–water partition coefficient (Wildman–Crippen LogP) is 7.58. The minimum atomic E-state index is -4.60. The maximum Gasteiger partial charge on any atom is 0.416 e. The topological polar surface area (TPSA) is 55.8 Å². The first-order valence-corrected chi connectivity index (χ1v) is 11.9. The van der Waals surface area contributed by atoms with E-state index in [2.05, 4.69) is 0 Å². The molecule has 1 fully saturated rings.